The molecule has 2 heterocycles. The lowest BCUT2D eigenvalue weighted by molar-refractivity contribution is -0.131. The summed E-state index contributed by atoms with van der Waals surface area (Å²) < 4.78 is 0. The Hall–Kier alpha value is -2.21. The van der Waals surface area contributed by atoms with Crippen LogP contribution in [0.25, 0.3) is 11.0 Å². The number of rotatable bonds is 7. The number of hydrogen-bond acceptors (Lipinski definition) is 5. The number of piperazine rings is 1. The molecule has 3 rings (SSSR count). The molecule has 0 spiro atoms. The van der Waals surface area contributed by atoms with Crippen LogP contribution in [0.3, 0.4) is 0 Å². The Morgan fingerprint density at radius 3 is 2.58 bits per heavy atom. The van der Waals surface area contributed by atoms with E-state index in [1.165, 1.54) is 12.8 Å². The van der Waals surface area contributed by atoms with Gasteiger partial charge in [-0.15, -0.1) is 0 Å². The molecule has 140 valence electrons. The van der Waals surface area contributed by atoms with E-state index in [1.807, 2.05) is 35.4 Å². The van der Waals surface area contributed by atoms with Crippen molar-refractivity contribution in [2.24, 2.45) is 0 Å². The van der Waals surface area contributed by atoms with E-state index in [1.54, 1.807) is 0 Å². The Bertz CT molecular complexity index is 727. The monoisotopic (exact) mass is 355 g/mol. The van der Waals surface area contributed by atoms with Crippen LogP contribution in [0.1, 0.15) is 26.2 Å². The molecule has 0 unspecified atom stereocenters. The molecule has 0 aliphatic carbocycles. The summed E-state index contributed by atoms with van der Waals surface area (Å²) in [6.07, 6.45) is 4.83. The average Bonchev–Trinajstić information content (AvgIpc) is 2.70. The van der Waals surface area contributed by atoms with Gasteiger partial charge in [0, 0.05) is 39.1 Å². The Morgan fingerprint density at radius 2 is 1.85 bits per heavy atom. The van der Waals surface area contributed by atoms with Crippen LogP contribution in [-0.2, 0) is 4.79 Å². The predicted octanol–water partition coefficient (Wildman–Crippen LogP) is 2.40. The third kappa shape index (κ3) is 4.69. The van der Waals surface area contributed by atoms with E-state index in [-0.39, 0.29) is 5.91 Å². The number of benzene rings is 1. The number of anilines is 1. The number of fused-ring (bicyclic) bond motifs is 1. The van der Waals surface area contributed by atoms with Gasteiger partial charge in [-0.05, 0) is 32.1 Å². The smallest absolute Gasteiger partial charge is 0.223 e. The van der Waals surface area contributed by atoms with Crippen molar-refractivity contribution in [1.82, 2.24) is 19.8 Å². The molecule has 0 atom stereocenters. The van der Waals surface area contributed by atoms with Crippen molar-refractivity contribution in [3.8, 4) is 0 Å². The quantitative estimate of drug-likeness (QED) is 0.763. The molecular formula is C20H29N5O. The van der Waals surface area contributed by atoms with E-state index >= 15 is 0 Å². The molecule has 1 aromatic heterocycles. The minimum Gasteiger partial charge on any atom is -0.352 e. The first-order valence-corrected chi connectivity index (χ1v) is 9.60. The van der Waals surface area contributed by atoms with E-state index in [4.69, 9.17) is 4.98 Å². The van der Waals surface area contributed by atoms with Gasteiger partial charge in [0.15, 0.2) is 0 Å². The second kappa shape index (κ2) is 8.94. The number of aromatic nitrogens is 2. The van der Waals surface area contributed by atoms with Gasteiger partial charge in [0.05, 0.1) is 17.2 Å². The fourth-order valence-corrected chi connectivity index (χ4v) is 3.27. The standard InChI is InChI=1S/C20H29N5O/c1-3-4-10-23(2)11-9-20(26)25-14-12-24(13-15-25)19-16-21-17-7-5-6-8-18(17)22-19/h5-8,16H,3-4,9-15H2,1-2H3. The van der Waals surface area contributed by atoms with Crippen molar-refractivity contribution in [2.75, 3.05) is 51.2 Å². The molecule has 0 radical (unpaired) electrons. The van der Waals surface area contributed by atoms with Crippen molar-refractivity contribution in [3.05, 3.63) is 30.5 Å². The summed E-state index contributed by atoms with van der Waals surface area (Å²) in [6, 6.07) is 7.91. The topological polar surface area (TPSA) is 52.6 Å². The van der Waals surface area contributed by atoms with Crippen molar-refractivity contribution in [3.63, 3.8) is 0 Å². The Balaban J connectivity index is 1.49. The molecule has 0 bridgehead atoms. The van der Waals surface area contributed by atoms with E-state index in [2.05, 4.69) is 28.8 Å². The van der Waals surface area contributed by atoms with Gasteiger partial charge in [0.25, 0.3) is 0 Å². The summed E-state index contributed by atoms with van der Waals surface area (Å²) in [6.45, 7) is 7.23. The summed E-state index contributed by atoms with van der Waals surface area (Å²) in [7, 11) is 2.10. The maximum Gasteiger partial charge on any atom is 0.223 e. The first-order valence-electron chi connectivity index (χ1n) is 9.60. The summed E-state index contributed by atoms with van der Waals surface area (Å²) in [5.74, 6) is 1.16. The SMILES string of the molecule is CCCCN(C)CCC(=O)N1CCN(c2cnc3ccccc3n2)CC1. The third-order valence-corrected chi connectivity index (χ3v) is 4.99. The molecule has 2 aromatic rings. The molecule has 6 nitrogen and oxygen atoms in total. The van der Waals surface area contributed by atoms with Crippen molar-refractivity contribution >= 4 is 22.8 Å². The van der Waals surface area contributed by atoms with E-state index in [9.17, 15) is 4.79 Å². The van der Waals surface area contributed by atoms with E-state index in [0.717, 1.165) is 56.1 Å². The lowest BCUT2D eigenvalue weighted by atomic mass is 10.2. The molecule has 0 saturated carbocycles. The lowest BCUT2D eigenvalue weighted by Crippen LogP contribution is -2.49. The van der Waals surface area contributed by atoms with Crippen LogP contribution in [0, 0.1) is 0 Å². The summed E-state index contributed by atoms with van der Waals surface area (Å²) >= 11 is 0. The number of amides is 1. The van der Waals surface area contributed by atoms with E-state index in [0.29, 0.717) is 6.42 Å². The molecule has 0 N–H and O–H groups in total. The summed E-state index contributed by atoms with van der Waals surface area (Å²) in [5.41, 5.74) is 1.83. The zero-order chi connectivity index (χ0) is 18.4. The molecular weight excluding hydrogens is 326 g/mol. The maximum absolute atomic E-state index is 12.4. The highest BCUT2D eigenvalue weighted by Gasteiger charge is 2.22. The molecule has 1 amide bonds. The molecule has 1 aliphatic rings. The van der Waals surface area contributed by atoms with Crippen molar-refractivity contribution in [2.45, 2.75) is 26.2 Å². The third-order valence-electron chi connectivity index (χ3n) is 4.99. The van der Waals surface area contributed by atoms with E-state index < -0.39 is 0 Å². The van der Waals surface area contributed by atoms with Gasteiger partial charge in [-0.2, -0.15) is 0 Å². The van der Waals surface area contributed by atoms with Crippen LogP contribution in [0.5, 0.6) is 0 Å². The highest BCUT2D eigenvalue weighted by molar-refractivity contribution is 5.77. The molecule has 1 saturated heterocycles. The van der Waals surface area contributed by atoms with Gasteiger partial charge in [0.2, 0.25) is 5.91 Å². The molecule has 1 aromatic carbocycles. The molecule has 1 fully saturated rings. The van der Waals surface area contributed by atoms with Gasteiger partial charge in [0.1, 0.15) is 5.82 Å². The van der Waals surface area contributed by atoms with Gasteiger partial charge in [-0.25, -0.2) is 4.98 Å². The lowest BCUT2D eigenvalue weighted by Gasteiger charge is -2.35. The Labute approximate surface area is 155 Å². The predicted molar refractivity (Wildman–Crippen MR) is 105 cm³/mol. The normalized spacial score (nSPS) is 15.0. The number of carbonyl (C=O) groups excluding carboxylic acids is 1. The number of hydrogen-bond donors (Lipinski definition) is 0. The Kier molecular flexibility index (Phi) is 6.39. The zero-order valence-electron chi connectivity index (χ0n) is 15.9. The van der Waals surface area contributed by atoms with Gasteiger partial charge in [-0.3, -0.25) is 9.78 Å². The number of unbranched alkanes of at least 4 members (excludes halogenated alkanes) is 1. The highest BCUT2D eigenvalue weighted by atomic mass is 16.2. The summed E-state index contributed by atoms with van der Waals surface area (Å²) in [4.78, 5) is 28.1. The Morgan fingerprint density at radius 1 is 1.12 bits per heavy atom. The summed E-state index contributed by atoms with van der Waals surface area (Å²) in [5, 5.41) is 0. The van der Waals surface area contributed by atoms with Crippen molar-refractivity contribution in [1.29, 1.82) is 0 Å². The largest absolute Gasteiger partial charge is 0.352 e. The second-order valence-corrected chi connectivity index (χ2v) is 6.99. The number of para-hydroxylation sites is 2. The van der Waals surface area contributed by atoms with Crippen molar-refractivity contribution < 1.29 is 4.79 Å². The van der Waals surface area contributed by atoms with Crippen LogP contribution in [-0.4, -0.2) is 72.0 Å². The van der Waals surface area contributed by atoms with Gasteiger partial charge < -0.3 is 14.7 Å². The first kappa shape index (κ1) is 18.6. The molecule has 26 heavy (non-hydrogen) atoms. The van der Waals surface area contributed by atoms with Crippen LogP contribution in [0.4, 0.5) is 5.82 Å². The maximum atomic E-state index is 12.4. The minimum absolute atomic E-state index is 0.262. The van der Waals surface area contributed by atoms with Crippen LogP contribution >= 0.6 is 0 Å². The van der Waals surface area contributed by atoms with Gasteiger partial charge >= 0.3 is 0 Å². The van der Waals surface area contributed by atoms with Crippen LogP contribution in [0.2, 0.25) is 0 Å². The minimum atomic E-state index is 0.262. The zero-order valence-corrected chi connectivity index (χ0v) is 15.9. The number of carbonyl (C=O) groups is 1. The first-order chi connectivity index (χ1) is 12.7. The van der Waals surface area contributed by atoms with Crippen LogP contribution in [0.15, 0.2) is 30.5 Å². The number of nitrogens with zero attached hydrogens (tertiary/aromatic N) is 5. The molecule has 1 aliphatic heterocycles. The van der Waals surface area contributed by atoms with Gasteiger partial charge in [-0.1, -0.05) is 25.5 Å². The average molecular weight is 355 g/mol. The van der Waals surface area contributed by atoms with Crippen LogP contribution < -0.4 is 4.90 Å². The highest BCUT2D eigenvalue weighted by Crippen LogP contribution is 2.17. The fourth-order valence-electron chi connectivity index (χ4n) is 3.27. The molecule has 6 heteroatoms. The second-order valence-electron chi connectivity index (χ2n) is 6.99. The fraction of sp³-hybridized carbons (Fsp3) is 0.550.